The zero-order valence-electron chi connectivity index (χ0n) is 11.3. The summed E-state index contributed by atoms with van der Waals surface area (Å²) in [7, 11) is 0. The fraction of sp³-hybridized carbons (Fsp3) is 0.846. The summed E-state index contributed by atoms with van der Waals surface area (Å²) in [5.74, 6) is -1.01. The van der Waals surface area contributed by atoms with E-state index in [2.05, 4.69) is 0 Å². The van der Waals surface area contributed by atoms with Crippen LogP contribution in [-0.2, 0) is 9.59 Å². The van der Waals surface area contributed by atoms with Gasteiger partial charge in [0.05, 0.1) is 5.41 Å². The summed E-state index contributed by atoms with van der Waals surface area (Å²) in [6, 6.07) is 0. The molecule has 0 aromatic rings. The second-order valence-corrected chi connectivity index (χ2v) is 5.73. The molecular weight excluding hydrogens is 234 g/mol. The first-order chi connectivity index (χ1) is 8.31. The molecule has 2 unspecified atom stereocenters. The Kier molecular flexibility index (Phi) is 4.73. The molecule has 1 heterocycles. The van der Waals surface area contributed by atoms with Gasteiger partial charge in [0.1, 0.15) is 0 Å². The summed E-state index contributed by atoms with van der Waals surface area (Å²) in [5, 5.41) is 18.3. The Morgan fingerprint density at radius 3 is 2.44 bits per heavy atom. The number of carboxylic acid groups (broad SMARTS) is 1. The summed E-state index contributed by atoms with van der Waals surface area (Å²) in [4.78, 5) is 25.1. The van der Waals surface area contributed by atoms with Crippen LogP contribution in [0.25, 0.3) is 0 Å². The number of aliphatic carboxylic acids is 1. The number of rotatable bonds is 5. The number of aliphatic hydroxyl groups is 1. The normalized spacial score (nSPS) is 23.2. The summed E-state index contributed by atoms with van der Waals surface area (Å²) >= 11 is 0. The predicted molar refractivity (Wildman–Crippen MR) is 67.0 cm³/mol. The van der Waals surface area contributed by atoms with Crippen LogP contribution in [0.1, 0.15) is 33.6 Å². The van der Waals surface area contributed by atoms with E-state index >= 15 is 0 Å². The second-order valence-electron chi connectivity index (χ2n) is 5.73. The van der Waals surface area contributed by atoms with Gasteiger partial charge in [-0.05, 0) is 19.3 Å². The van der Waals surface area contributed by atoms with Crippen LogP contribution in [0, 0.1) is 17.3 Å². The number of aliphatic hydroxyl groups excluding tert-OH is 1. The average Bonchev–Trinajstić information content (AvgIpc) is 2.76. The first-order valence-electron chi connectivity index (χ1n) is 6.43. The van der Waals surface area contributed by atoms with Gasteiger partial charge in [0.25, 0.3) is 0 Å². The monoisotopic (exact) mass is 257 g/mol. The summed E-state index contributed by atoms with van der Waals surface area (Å²) < 4.78 is 0. The number of hydrogen-bond acceptors (Lipinski definition) is 3. The topological polar surface area (TPSA) is 77.8 Å². The van der Waals surface area contributed by atoms with Crippen molar-refractivity contribution in [3.05, 3.63) is 0 Å². The smallest absolute Gasteiger partial charge is 0.310 e. The highest BCUT2D eigenvalue weighted by Crippen LogP contribution is 2.32. The number of amides is 1. The zero-order chi connectivity index (χ0) is 13.9. The van der Waals surface area contributed by atoms with E-state index in [4.69, 9.17) is 5.11 Å². The van der Waals surface area contributed by atoms with Crippen molar-refractivity contribution in [3.8, 4) is 0 Å². The van der Waals surface area contributed by atoms with Crippen molar-refractivity contribution in [2.75, 3.05) is 19.7 Å². The van der Waals surface area contributed by atoms with Crippen molar-refractivity contribution in [2.45, 2.75) is 33.6 Å². The van der Waals surface area contributed by atoms with Gasteiger partial charge in [0, 0.05) is 32.0 Å². The number of nitrogens with zero attached hydrogens (tertiary/aromatic N) is 1. The molecule has 0 bridgehead atoms. The average molecular weight is 257 g/mol. The number of likely N-dealkylation sites (tertiary alicyclic amines) is 1. The van der Waals surface area contributed by atoms with Crippen molar-refractivity contribution in [2.24, 2.45) is 17.3 Å². The molecule has 2 atom stereocenters. The highest BCUT2D eigenvalue weighted by Gasteiger charge is 2.40. The molecule has 1 fully saturated rings. The van der Waals surface area contributed by atoms with E-state index in [-0.39, 0.29) is 30.8 Å². The fourth-order valence-corrected chi connectivity index (χ4v) is 2.16. The molecule has 2 N–H and O–H groups in total. The Labute approximate surface area is 108 Å². The maximum absolute atomic E-state index is 12.1. The van der Waals surface area contributed by atoms with Crippen LogP contribution < -0.4 is 0 Å². The molecule has 1 saturated heterocycles. The number of carbonyl (C=O) groups excluding carboxylic acids is 1. The lowest BCUT2D eigenvalue weighted by molar-refractivity contribution is -0.155. The molecule has 1 aliphatic heterocycles. The molecule has 1 aliphatic rings. The van der Waals surface area contributed by atoms with Crippen molar-refractivity contribution in [3.63, 3.8) is 0 Å². The van der Waals surface area contributed by atoms with E-state index in [1.54, 1.807) is 11.8 Å². The Hall–Kier alpha value is -1.10. The van der Waals surface area contributed by atoms with Gasteiger partial charge in [0.2, 0.25) is 5.91 Å². The Morgan fingerprint density at radius 2 is 2.06 bits per heavy atom. The second kappa shape index (κ2) is 5.69. The lowest BCUT2D eigenvalue weighted by Crippen LogP contribution is -2.40. The van der Waals surface area contributed by atoms with Crippen LogP contribution in [0.15, 0.2) is 0 Å². The van der Waals surface area contributed by atoms with E-state index in [1.165, 1.54) is 0 Å². The van der Waals surface area contributed by atoms with Crippen LogP contribution in [0.3, 0.4) is 0 Å². The number of hydrogen-bond donors (Lipinski definition) is 2. The predicted octanol–water partition coefficient (Wildman–Crippen LogP) is 0.964. The maximum atomic E-state index is 12.1. The minimum Gasteiger partial charge on any atom is -0.481 e. The molecule has 18 heavy (non-hydrogen) atoms. The lowest BCUT2D eigenvalue weighted by Gasteiger charge is -2.30. The van der Waals surface area contributed by atoms with Crippen molar-refractivity contribution < 1.29 is 19.8 Å². The molecule has 0 spiro atoms. The molecule has 0 aromatic heterocycles. The van der Waals surface area contributed by atoms with Gasteiger partial charge in [-0.25, -0.2) is 0 Å². The van der Waals surface area contributed by atoms with Crippen LogP contribution in [0.2, 0.25) is 0 Å². The van der Waals surface area contributed by atoms with Crippen molar-refractivity contribution in [1.82, 2.24) is 4.90 Å². The standard InChI is InChI=1S/C13H23NO4/c1-9(2)13(3,12(17)18)6-11(16)14-5-4-10(7-14)8-15/h9-10,15H,4-8H2,1-3H3,(H,17,18). The fourth-order valence-electron chi connectivity index (χ4n) is 2.16. The summed E-state index contributed by atoms with van der Waals surface area (Å²) in [6.45, 7) is 6.52. The summed E-state index contributed by atoms with van der Waals surface area (Å²) in [5.41, 5.74) is -1.02. The van der Waals surface area contributed by atoms with E-state index in [0.29, 0.717) is 13.1 Å². The van der Waals surface area contributed by atoms with E-state index in [0.717, 1.165) is 6.42 Å². The zero-order valence-corrected chi connectivity index (χ0v) is 11.3. The van der Waals surface area contributed by atoms with Gasteiger partial charge in [-0.3, -0.25) is 9.59 Å². The first kappa shape index (κ1) is 15.0. The molecule has 0 aliphatic carbocycles. The van der Waals surface area contributed by atoms with E-state index in [9.17, 15) is 14.7 Å². The van der Waals surface area contributed by atoms with Gasteiger partial charge in [-0.1, -0.05) is 13.8 Å². The molecule has 5 heteroatoms. The Morgan fingerprint density at radius 1 is 1.44 bits per heavy atom. The lowest BCUT2D eigenvalue weighted by atomic mass is 9.76. The van der Waals surface area contributed by atoms with Gasteiger partial charge < -0.3 is 15.1 Å². The SMILES string of the molecule is CC(C)C(C)(CC(=O)N1CCC(CO)C1)C(=O)O. The first-order valence-corrected chi connectivity index (χ1v) is 6.43. The molecule has 0 aromatic carbocycles. The van der Waals surface area contributed by atoms with Gasteiger partial charge in [0.15, 0.2) is 0 Å². The van der Waals surface area contributed by atoms with Crippen LogP contribution in [0.4, 0.5) is 0 Å². The molecule has 5 nitrogen and oxygen atoms in total. The van der Waals surface area contributed by atoms with Gasteiger partial charge >= 0.3 is 5.97 Å². The number of carbonyl (C=O) groups is 2. The number of carboxylic acids is 1. The minimum absolute atomic E-state index is 0.0259. The molecule has 0 radical (unpaired) electrons. The van der Waals surface area contributed by atoms with Gasteiger partial charge in [-0.2, -0.15) is 0 Å². The molecular formula is C13H23NO4. The van der Waals surface area contributed by atoms with E-state index in [1.807, 2.05) is 13.8 Å². The quantitative estimate of drug-likeness (QED) is 0.769. The molecule has 0 saturated carbocycles. The van der Waals surface area contributed by atoms with Crippen LogP contribution >= 0.6 is 0 Å². The summed E-state index contributed by atoms with van der Waals surface area (Å²) in [6.07, 6.45) is 0.825. The maximum Gasteiger partial charge on any atom is 0.310 e. The minimum atomic E-state index is -1.02. The molecule has 104 valence electrons. The largest absolute Gasteiger partial charge is 0.481 e. The highest BCUT2D eigenvalue weighted by molar-refractivity contribution is 5.85. The highest BCUT2D eigenvalue weighted by atomic mass is 16.4. The third-order valence-corrected chi connectivity index (χ3v) is 4.18. The third-order valence-electron chi connectivity index (χ3n) is 4.18. The molecule has 1 rings (SSSR count). The van der Waals surface area contributed by atoms with Crippen molar-refractivity contribution >= 4 is 11.9 Å². The van der Waals surface area contributed by atoms with Crippen molar-refractivity contribution in [1.29, 1.82) is 0 Å². The Bertz CT molecular complexity index is 329. The Balaban J connectivity index is 2.66. The van der Waals surface area contributed by atoms with Gasteiger partial charge in [-0.15, -0.1) is 0 Å². The van der Waals surface area contributed by atoms with Crippen LogP contribution in [0.5, 0.6) is 0 Å². The third kappa shape index (κ3) is 3.02. The molecule has 1 amide bonds. The van der Waals surface area contributed by atoms with E-state index < -0.39 is 11.4 Å². The van der Waals surface area contributed by atoms with Crippen LogP contribution in [-0.4, -0.2) is 46.7 Å².